The fourth-order valence-corrected chi connectivity index (χ4v) is 5.43. The maximum atomic E-state index is 14.6. The van der Waals surface area contributed by atoms with Crippen LogP contribution in [0.15, 0.2) is 115 Å². The predicted molar refractivity (Wildman–Crippen MR) is 185 cm³/mol. The van der Waals surface area contributed by atoms with Crippen molar-refractivity contribution in [2.75, 3.05) is 28.4 Å². The topological polar surface area (TPSA) is 102 Å². The summed E-state index contributed by atoms with van der Waals surface area (Å²) in [6, 6.07) is 35.1. The summed E-state index contributed by atoms with van der Waals surface area (Å²) >= 11 is 0. The van der Waals surface area contributed by atoms with Crippen LogP contribution in [0.3, 0.4) is 0 Å². The summed E-state index contributed by atoms with van der Waals surface area (Å²) in [6.07, 6.45) is -1.07. The van der Waals surface area contributed by atoms with Gasteiger partial charge in [-0.2, -0.15) is 0 Å². The first-order valence-corrected chi connectivity index (χ1v) is 15.7. The molecule has 0 aliphatic heterocycles. The van der Waals surface area contributed by atoms with Crippen LogP contribution in [0.4, 0.5) is 0 Å². The van der Waals surface area contributed by atoms with Gasteiger partial charge in [0.15, 0.2) is 35.1 Å². The van der Waals surface area contributed by atoms with Crippen LogP contribution in [0.1, 0.15) is 38.5 Å². The van der Waals surface area contributed by atoms with E-state index >= 15 is 0 Å². The first-order valence-electron chi connectivity index (χ1n) is 15.7. The summed E-state index contributed by atoms with van der Waals surface area (Å²) in [5, 5.41) is 11.4. The summed E-state index contributed by atoms with van der Waals surface area (Å²) in [6.45, 7) is 0.653. The molecule has 9 heteroatoms. The summed E-state index contributed by atoms with van der Waals surface area (Å²) in [5.41, 5.74) is 3.15. The highest BCUT2D eigenvalue weighted by Gasteiger charge is 2.37. The van der Waals surface area contributed by atoms with Crippen LogP contribution in [0.2, 0.25) is 0 Å². The molecule has 0 radical (unpaired) electrons. The highest BCUT2D eigenvalue weighted by Crippen LogP contribution is 2.46. The minimum atomic E-state index is -1.11. The summed E-state index contributed by atoms with van der Waals surface area (Å²) in [5.74, 6) is -0.399. The van der Waals surface area contributed by atoms with Gasteiger partial charge in [0, 0.05) is 25.8 Å². The highest BCUT2D eigenvalue weighted by molar-refractivity contribution is 6.04. The number of Topliss-reactive ketones (excluding diaryl/α,β-unsaturated/α-hetero) is 1. The molecule has 0 heterocycles. The first kappa shape index (κ1) is 34.8. The van der Waals surface area contributed by atoms with Crippen LogP contribution in [0.25, 0.3) is 0 Å². The van der Waals surface area contributed by atoms with E-state index in [0.29, 0.717) is 17.1 Å². The zero-order valence-corrected chi connectivity index (χ0v) is 28.0. The zero-order valence-electron chi connectivity index (χ0n) is 28.0. The molecule has 49 heavy (non-hydrogen) atoms. The Bertz CT molecular complexity index is 1790. The molecule has 0 fully saturated rings. The van der Waals surface area contributed by atoms with Crippen LogP contribution in [0, 0.1) is 0 Å². The zero-order chi connectivity index (χ0) is 34.6. The fraction of sp³-hybridized carbons (Fsp3) is 0.225. The highest BCUT2D eigenvalue weighted by atomic mass is 16.7. The molecule has 0 saturated heterocycles. The summed E-state index contributed by atoms with van der Waals surface area (Å²) in [4.78, 5) is 14.6. The van der Waals surface area contributed by atoms with E-state index in [1.807, 2.05) is 91.0 Å². The molecule has 5 rings (SSSR count). The van der Waals surface area contributed by atoms with Crippen molar-refractivity contribution < 1.29 is 43.1 Å². The van der Waals surface area contributed by atoms with E-state index in [4.69, 9.17) is 33.2 Å². The predicted octanol–water partition coefficient (Wildman–Crippen LogP) is 7.73. The van der Waals surface area contributed by atoms with Crippen molar-refractivity contribution in [3.8, 4) is 34.5 Å². The third-order valence-corrected chi connectivity index (χ3v) is 7.91. The van der Waals surface area contributed by atoms with E-state index in [1.165, 1.54) is 40.6 Å². The van der Waals surface area contributed by atoms with Crippen molar-refractivity contribution in [1.82, 2.24) is 0 Å². The molecule has 9 nitrogen and oxygen atoms in total. The van der Waals surface area contributed by atoms with Crippen LogP contribution < -0.4 is 23.7 Å². The molecular weight excluding hydrogens is 624 g/mol. The number of ketones is 1. The largest absolute Gasteiger partial charge is 0.507 e. The standard InChI is InChI=1S/C40H40O9/c1-43-33-21-20-30(38(44-2)39(33)49-26-29-18-12-7-13-19-29)36(40(45-3)46-4)37(42)31-22-34(47-24-27-14-8-5-9-15-27)35(23-32(31)41)48-25-28-16-10-6-11-17-28/h5-23,36,40-41H,24-26H2,1-4H3. The van der Waals surface area contributed by atoms with Gasteiger partial charge in [-0.25, -0.2) is 0 Å². The monoisotopic (exact) mass is 664 g/mol. The van der Waals surface area contributed by atoms with Gasteiger partial charge in [-0.1, -0.05) is 97.1 Å². The average molecular weight is 665 g/mol. The molecule has 0 amide bonds. The quantitative estimate of drug-likeness (QED) is 0.0790. The van der Waals surface area contributed by atoms with Gasteiger partial charge in [0.1, 0.15) is 31.5 Å². The third kappa shape index (κ3) is 8.51. The molecule has 1 unspecified atom stereocenters. The van der Waals surface area contributed by atoms with Crippen LogP contribution in [-0.2, 0) is 29.3 Å². The fourth-order valence-electron chi connectivity index (χ4n) is 5.43. The van der Waals surface area contributed by atoms with Crippen molar-refractivity contribution in [3.63, 3.8) is 0 Å². The van der Waals surface area contributed by atoms with Gasteiger partial charge < -0.3 is 38.3 Å². The molecule has 0 aliphatic rings. The van der Waals surface area contributed by atoms with E-state index in [2.05, 4.69) is 0 Å². The second kappa shape index (κ2) is 17.1. The molecular formula is C40H40O9. The number of phenols is 1. The number of aromatic hydroxyl groups is 1. The Morgan fingerprint density at radius 1 is 0.571 bits per heavy atom. The van der Waals surface area contributed by atoms with Crippen LogP contribution >= 0.6 is 0 Å². The Balaban J connectivity index is 1.55. The smallest absolute Gasteiger partial charge is 0.204 e. The average Bonchev–Trinajstić information content (AvgIpc) is 3.15. The molecule has 0 aliphatic carbocycles. The molecule has 0 spiro atoms. The van der Waals surface area contributed by atoms with Gasteiger partial charge in [-0.15, -0.1) is 0 Å². The lowest BCUT2D eigenvalue weighted by molar-refractivity contribution is -0.110. The molecule has 0 bridgehead atoms. The number of hydrogen-bond acceptors (Lipinski definition) is 9. The molecule has 254 valence electrons. The van der Waals surface area contributed by atoms with Gasteiger partial charge in [-0.3, -0.25) is 4.79 Å². The van der Waals surface area contributed by atoms with Crippen molar-refractivity contribution in [2.24, 2.45) is 0 Å². The van der Waals surface area contributed by atoms with Crippen molar-refractivity contribution >= 4 is 5.78 Å². The normalized spacial score (nSPS) is 11.5. The van der Waals surface area contributed by atoms with E-state index in [1.54, 1.807) is 12.1 Å². The van der Waals surface area contributed by atoms with E-state index < -0.39 is 18.0 Å². The van der Waals surface area contributed by atoms with Gasteiger partial charge in [0.25, 0.3) is 0 Å². The molecule has 5 aromatic carbocycles. The van der Waals surface area contributed by atoms with Crippen molar-refractivity contribution in [1.29, 1.82) is 0 Å². The Hall–Kier alpha value is -5.51. The maximum Gasteiger partial charge on any atom is 0.204 e. The minimum Gasteiger partial charge on any atom is -0.507 e. The lowest BCUT2D eigenvalue weighted by Gasteiger charge is -2.27. The summed E-state index contributed by atoms with van der Waals surface area (Å²) < 4.78 is 41.4. The molecule has 5 aromatic rings. The maximum absolute atomic E-state index is 14.6. The van der Waals surface area contributed by atoms with E-state index in [0.717, 1.165) is 16.7 Å². The number of methoxy groups -OCH3 is 4. The number of hydrogen-bond donors (Lipinski definition) is 1. The van der Waals surface area contributed by atoms with Gasteiger partial charge in [0.05, 0.1) is 19.8 Å². The molecule has 1 atom stereocenters. The van der Waals surface area contributed by atoms with Crippen LogP contribution in [-0.4, -0.2) is 45.6 Å². The number of ether oxygens (including phenoxy) is 7. The second-order valence-electron chi connectivity index (χ2n) is 11.0. The third-order valence-electron chi connectivity index (χ3n) is 7.91. The number of phenolic OH excluding ortho intramolecular Hbond substituents is 1. The number of carbonyl (C=O) groups is 1. The van der Waals surface area contributed by atoms with Crippen LogP contribution in [0.5, 0.6) is 34.5 Å². The van der Waals surface area contributed by atoms with E-state index in [9.17, 15) is 9.90 Å². The lowest BCUT2D eigenvalue weighted by atomic mass is 9.88. The molecule has 0 saturated carbocycles. The van der Waals surface area contributed by atoms with E-state index in [-0.39, 0.29) is 48.4 Å². The Morgan fingerprint density at radius 3 is 1.53 bits per heavy atom. The SMILES string of the molecule is COc1ccc(C(C(=O)c2cc(OCc3ccccc3)c(OCc3ccccc3)cc2O)C(OC)OC)c(OC)c1OCc1ccccc1. The Labute approximate surface area is 286 Å². The van der Waals surface area contributed by atoms with Crippen molar-refractivity contribution in [2.45, 2.75) is 32.0 Å². The Morgan fingerprint density at radius 2 is 1.06 bits per heavy atom. The minimum absolute atomic E-state index is 0.0242. The van der Waals surface area contributed by atoms with Gasteiger partial charge >= 0.3 is 0 Å². The van der Waals surface area contributed by atoms with Gasteiger partial charge in [-0.05, 0) is 28.8 Å². The number of rotatable bonds is 17. The number of carbonyl (C=O) groups excluding carboxylic acids is 1. The van der Waals surface area contributed by atoms with Gasteiger partial charge in [0.2, 0.25) is 5.75 Å². The number of benzene rings is 5. The molecule has 1 N–H and O–H groups in total. The summed E-state index contributed by atoms with van der Waals surface area (Å²) in [7, 11) is 5.88. The second-order valence-corrected chi connectivity index (χ2v) is 11.0. The first-order chi connectivity index (χ1) is 24.0. The Kier molecular flexibility index (Phi) is 12.1. The lowest BCUT2D eigenvalue weighted by Crippen LogP contribution is -2.30. The van der Waals surface area contributed by atoms with Crippen molar-refractivity contribution in [3.05, 3.63) is 143 Å². The molecule has 0 aromatic heterocycles.